The number of hydrogen-bond donors (Lipinski definition) is 4. The van der Waals surface area contributed by atoms with Gasteiger partial charge in [-0.3, -0.25) is 20.4 Å². The van der Waals surface area contributed by atoms with Gasteiger partial charge in [-0.2, -0.15) is 0 Å². The predicted molar refractivity (Wildman–Crippen MR) is 106 cm³/mol. The highest BCUT2D eigenvalue weighted by Crippen LogP contribution is 2.29. The molecule has 6 nitrogen and oxygen atoms in total. The van der Waals surface area contributed by atoms with E-state index in [0.717, 1.165) is 12.0 Å². The van der Waals surface area contributed by atoms with Crippen LogP contribution in [0.5, 0.6) is 0 Å². The average molecular weight is 377 g/mol. The molecule has 2 rings (SSSR count). The minimum Gasteiger partial charge on any atom is -0.358 e. The van der Waals surface area contributed by atoms with E-state index in [9.17, 15) is 9.59 Å². The molecule has 3 atom stereocenters. The van der Waals surface area contributed by atoms with Crippen LogP contribution >= 0.6 is 12.2 Å². The van der Waals surface area contributed by atoms with E-state index in [0.29, 0.717) is 28.6 Å². The van der Waals surface area contributed by atoms with Crippen LogP contribution < -0.4 is 21.5 Å². The fraction of sp³-hybridized carbons (Fsp3) is 0.526. The molecule has 0 spiro atoms. The van der Waals surface area contributed by atoms with E-state index in [4.69, 9.17) is 12.2 Å². The van der Waals surface area contributed by atoms with Gasteiger partial charge in [-0.05, 0) is 49.5 Å². The topological polar surface area (TPSA) is 82.3 Å². The maximum absolute atomic E-state index is 12.0. The average Bonchev–Trinajstić information content (AvgIpc) is 2.61. The number of benzene rings is 1. The summed E-state index contributed by atoms with van der Waals surface area (Å²) in [4.78, 5) is 23.9. The molecule has 1 aliphatic rings. The lowest BCUT2D eigenvalue weighted by atomic mass is 9.78. The van der Waals surface area contributed by atoms with Crippen LogP contribution in [0.1, 0.15) is 49.0 Å². The van der Waals surface area contributed by atoms with Crippen molar-refractivity contribution in [2.24, 2.45) is 11.8 Å². The number of thiocarbonyl (C=S) groups is 1. The van der Waals surface area contributed by atoms with Gasteiger partial charge in [-0.15, -0.1) is 0 Å². The molecule has 1 fully saturated rings. The largest absolute Gasteiger partial charge is 0.358 e. The SMILES string of the molecule is Cc1cccc(C(=O)NCC(=O)NNC(=S)N[C@@H]2CCC[C@@H](C)[C@@H]2C)c1. The van der Waals surface area contributed by atoms with E-state index < -0.39 is 0 Å². The van der Waals surface area contributed by atoms with E-state index in [2.05, 4.69) is 35.3 Å². The van der Waals surface area contributed by atoms with Gasteiger partial charge < -0.3 is 10.6 Å². The third kappa shape index (κ3) is 5.98. The van der Waals surface area contributed by atoms with Crippen LogP contribution in [0.2, 0.25) is 0 Å². The second kappa shape index (κ2) is 9.52. The summed E-state index contributed by atoms with van der Waals surface area (Å²) in [5.74, 6) is 0.554. The molecule has 1 aromatic rings. The summed E-state index contributed by atoms with van der Waals surface area (Å²) in [6.07, 6.45) is 3.51. The van der Waals surface area contributed by atoms with Gasteiger partial charge in [0.1, 0.15) is 0 Å². The monoisotopic (exact) mass is 376 g/mol. The summed E-state index contributed by atoms with van der Waals surface area (Å²) in [5.41, 5.74) is 6.74. The highest BCUT2D eigenvalue weighted by atomic mass is 32.1. The quantitative estimate of drug-likeness (QED) is 0.478. The Labute approximate surface area is 160 Å². The number of aryl methyl sites for hydroxylation is 1. The summed E-state index contributed by atoms with van der Waals surface area (Å²) >= 11 is 5.25. The molecule has 1 aliphatic carbocycles. The summed E-state index contributed by atoms with van der Waals surface area (Å²) < 4.78 is 0. The van der Waals surface area contributed by atoms with Gasteiger partial charge in [0.25, 0.3) is 11.8 Å². The van der Waals surface area contributed by atoms with Crippen molar-refractivity contribution < 1.29 is 9.59 Å². The lowest BCUT2D eigenvalue weighted by molar-refractivity contribution is -0.120. The third-order valence-corrected chi connectivity index (χ3v) is 5.25. The Morgan fingerprint density at radius 2 is 1.96 bits per heavy atom. The van der Waals surface area contributed by atoms with E-state index in [1.165, 1.54) is 12.8 Å². The minimum absolute atomic E-state index is 0.126. The summed E-state index contributed by atoms with van der Waals surface area (Å²) in [5, 5.41) is 6.26. The molecule has 0 aliphatic heterocycles. The first-order valence-electron chi connectivity index (χ1n) is 9.07. The molecular weight excluding hydrogens is 348 g/mol. The molecule has 2 amide bonds. The zero-order valence-corrected chi connectivity index (χ0v) is 16.4. The Morgan fingerprint density at radius 3 is 2.69 bits per heavy atom. The Kier molecular flexibility index (Phi) is 7.38. The predicted octanol–water partition coefficient (Wildman–Crippen LogP) is 2.04. The van der Waals surface area contributed by atoms with Crippen LogP contribution in [0.15, 0.2) is 24.3 Å². The van der Waals surface area contributed by atoms with Crippen LogP contribution in [0.25, 0.3) is 0 Å². The number of hydrazine groups is 1. The van der Waals surface area contributed by atoms with Crippen molar-refractivity contribution in [1.82, 2.24) is 21.5 Å². The van der Waals surface area contributed by atoms with Crippen LogP contribution in [0.4, 0.5) is 0 Å². The minimum atomic E-state index is -0.361. The smallest absolute Gasteiger partial charge is 0.257 e. The Morgan fingerprint density at radius 1 is 1.19 bits per heavy atom. The molecule has 26 heavy (non-hydrogen) atoms. The van der Waals surface area contributed by atoms with Crippen molar-refractivity contribution in [3.63, 3.8) is 0 Å². The number of carbonyl (C=O) groups excluding carboxylic acids is 2. The molecule has 1 saturated carbocycles. The van der Waals surface area contributed by atoms with Crippen molar-refractivity contribution in [2.45, 2.75) is 46.1 Å². The molecule has 0 unspecified atom stereocenters. The zero-order valence-electron chi connectivity index (χ0n) is 15.6. The van der Waals surface area contributed by atoms with Crippen LogP contribution in [0, 0.1) is 18.8 Å². The van der Waals surface area contributed by atoms with Crippen LogP contribution in [-0.4, -0.2) is 29.5 Å². The first-order chi connectivity index (χ1) is 12.4. The number of amides is 2. The van der Waals surface area contributed by atoms with Crippen molar-refractivity contribution in [2.75, 3.05) is 6.54 Å². The highest BCUT2D eigenvalue weighted by molar-refractivity contribution is 7.80. The summed E-state index contributed by atoms with van der Waals surface area (Å²) in [7, 11) is 0. The molecule has 0 saturated heterocycles. The molecule has 0 aromatic heterocycles. The van der Waals surface area contributed by atoms with Crippen molar-refractivity contribution in [1.29, 1.82) is 0 Å². The summed E-state index contributed by atoms with van der Waals surface area (Å²) in [6, 6.07) is 7.52. The molecule has 0 heterocycles. The normalized spacial score (nSPS) is 22.2. The second-order valence-electron chi connectivity index (χ2n) is 7.07. The number of hydrogen-bond acceptors (Lipinski definition) is 3. The number of nitrogens with one attached hydrogen (secondary N) is 4. The first-order valence-corrected chi connectivity index (χ1v) is 9.48. The van der Waals surface area contributed by atoms with Gasteiger partial charge in [0.15, 0.2) is 5.11 Å². The molecule has 7 heteroatoms. The molecule has 4 N–H and O–H groups in total. The fourth-order valence-electron chi connectivity index (χ4n) is 3.21. The van der Waals surface area contributed by atoms with Gasteiger partial charge in [0, 0.05) is 11.6 Å². The van der Waals surface area contributed by atoms with Gasteiger partial charge in [-0.1, -0.05) is 44.4 Å². The van der Waals surface area contributed by atoms with E-state index in [-0.39, 0.29) is 18.4 Å². The van der Waals surface area contributed by atoms with Gasteiger partial charge in [0.05, 0.1) is 6.54 Å². The molecule has 0 bridgehead atoms. The van der Waals surface area contributed by atoms with E-state index in [1.807, 2.05) is 19.1 Å². The fourth-order valence-corrected chi connectivity index (χ4v) is 3.41. The number of carbonyl (C=O) groups is 2. The van der Waals surface area contributed by atoms with Gasteiger partial charge >= 0.3 is 0 Å². The van der Waals surface area contributed by atoms with E-state index in [1.54, 1.807) is 12.1 Å². The van der Waals surface area contributed by atoms with E-state index >= 15 is 0 Å². The molecular formula is C19H28N4O2S. The molecule has 0 radical (unpaired) electrons. The lowest BCUT2D eigenvalue weighted by Crippen LogP contribution is -2.53. The standard InChI is InChI=1S/C19H28N4O2S/c1-12-6-4-8-15(10-12)18(25)20-11-17(24)22-23-19(26)21-16-9-5-7-13(2)14(16)3/h4,6,8,10,13-14,16H,5,7,9,11H2,1-3H3,(H,20,25)(H,22,24)(H2,21,23,26)/t13-,14+,16-/m1/s1. The second-order valence-corrected chi connectivity index (χ2v) is 7.48. The van der Waals surface area contributed by atoms with Crippen molar-refractivity contribution in [3.8, 4) is 0 Å². The third-order valence-electron chi connectivity index (χ3n) is 5.03. The first kappa shape index (κ1) is 20.2. The molecule has 1 aromatic carbocycles. The van der Waals surface area contributed by atoms with Crippen molar-refractivity contribution >= 4 is 29.1 Å². The maximum atomic E-state index is 12.0. The van der Waals surface area contributed by atoms with Crippen LogP contribution in [-0.2, 0) is 4.79 Å². The highest BCUT2D eigenvalue weighted by Gasteiger charge is 2.27. The number of rotatable bonds is 4. The summed E-state index contributed by atoms with van der Waals surface area (Å²) in [6.45, 7) is 6.27. The van der Waals surface area contributed by atoms with Gasteiger partial charge in [-0.25, -0.2) is 0 Å². The Balaban J connectivity index is 1.69. The van der Waals surface area contributed by atoms with Crippen LogP contribution in [0.3, 0.4) is 0 Å². The Bertz CT molecular complexity index is 665. The lowest BCUT2D eigenvalue weighted by Gasteiger charge is -2.35. The maximum Gasteiger partial charge on any atom is 0.257 e. The molecule has 142 valence electrons. The van der Waals surface area contributed by atoms with Gasteiger partial charge in [0.2, 0.25) is 0 Å². The Hall–Kier alpha value is -2.15. The zero-order chi connectivity index (χ0) is 19.1. The van der Waals surface area contributed by atoms with Crippen molar-refractivity contribution in [3.05, 3.63) is 35.4 Å².